The number of phenols is 1. The summed E-state index contributed by atoms with van der Waals surface area (Å²) >= 11 is 0. The van der Waals surface area contributed by atoms with Gasteiger partial charge in [-0.1, -0.05) is 0 Å². The Morgan fingerprint density at radius 3 is 2.77 bits per heavy atom. The Bertz CT molecular complexity index is 926. The van der Waals surface area contributed by atoms with Gasteiger partial charge < -0.3 is 10.1 Å². The molecule has 1 aromatic carbocycles. The molecule has 0 aliphatic carbocycles. The van der Waals surface area contributed by atoms with E-state index in [1.807, 2.05) is 0 Å². The van der Waals surface area contributed by atoms with Gasteiger partial charge in [0.2, 0.25) is 5.82 Å². The number of aromatic nitrogens is 2. The number of hydrogen-bond donors (Lipinski definition) is 2. The van der Waals surface area contributed by atoms with Crippen LogP contribution < -0.4 is 5.56 Å². The maximum Gasteiger partial charge on any atom is 0.449 e. The number of rotatable bonds is 3. The standard InChI is InChI=1S/C15H13F3N4O4/c16-15(17,18)14-19-11-3-4-21(7-10(11)13(24)20-14)6-8-5-9(22(25)26)1-2-12(8)23/h1-2,5,23H,3-4,6-7H2,(H,19,20,24). The second-order valence-electron chi connectivity index (χ2n) is 5.87. The fraction of sp³-hybridized carbons (Fsp3) is 0.333. The number of alkyl halides is 3. The van der Waals surface area contributed by atoms with E-state index in [-0.39, 0.29) is 42.2 Å². The van der Waals surface area contributed by atoms with Crippen LogP contribution >= 0.6 is 0 Å². The highest BCUT2D eigenvalue weighted by molar-refractivity contribution is 5.43. The van der Waals surface area contributed by atoms with E-state index in [1.165, 1.54) is 12.1 Å². The van der Waals surface area contributed by atoms with Crippen molar-refractivity contribution in [3.8, 4) is 5.75 Å². The van der Waals surface area contributed by atoms with Gasteiger partial charge in [-0.2, -0.15) is 13.2 Å². The van der Waals surface area contributed by atoms with E-state index in [4.69, 9.17) is 0 Å². The van der Waals surface area contributed by atoms with E-state index in [0.717, 1.165) is 6.07 Å². The molecule has 0 atom stereocenters. The van der Waals surface area contributed by atoms with Crippen LogP contribution in [0.15, 0.2) is 23.0 Å². The largest absolute Gasteiger partial charge is 0.508 e. The molecule has 0 fully saturated rings. The predicted octanol–water partition coefficient (Wildman–Crippen LogP) is 1.96. The first-order chi connectivity index (χ1) is 12.1. The lowest BCUT2D eigenvalue weighted by molar-refractivity contribution is -0.385. The highest BCUT2D eigenvalue weighted by atomic mass is 19.4. The van der Waals surface area contributed by atoms with Crippen LogP contribution in [0.4, 0.5) is 18.9 Å². The minimum Gasteiger partial charge on any atom is -0.508 e. The fourth-order valence-electron chi connectivity index (χ4n) is 2.80. The number of aromatic amines is 1. The smallest absolute Gasteiger partial charge is 0.449 e. The summed E-state index contributed by atoms with van der Waals surface area (Å²) in [5, 5.41) is 20.7. The molecule has 0 bridgehead atoms. The summed E-state index contributed by atoms with van der Waals surface area (Å²) in [5.74, 6) is -1.47. The molecule has 0 saturated carbocycles. The van der Waals surface area contributed by atoms with E-state index in [0.29, 0.717) is 12.1 Å². The Morgan fingerprint density at radius 1 is 1.38 bits per heavy atom. The summed E-state index contributed by atoms with van der Waals surface area (Å²) in [6, 6.07) is 3.59. The molecule has 8 nitrogen and oxygen atoms in total. The van der Waals surface area contributed by atoms with Crippen LogP contribution in [0.2, 0.25) is 0 Å². The quantitative estimate of drug-likeness (QED) is 0.631. The van der Waals surface area contributed by atoms with Gasteiger partial charge in [0.1, 0.15) is 5.75 Å². The molecule has 1 aromatic heterocycles. The molecule has 0 unspecified atom stereocenters. The number of hydrogen-bond acceptors (Lipinski definition) is 6. The Morgan fingerprint density at radius 2 is 2.12 bits per heavy atom. The van der Waals surface area contributed by atoms with Gasteiger partial charge in [0.15, 0.2) is 0 Å². The van der Waals surface area contributed by atoms with Crippen molar-refractivity contribution >= 4 is 5.69 Å². The number of H-pyrrole nitrogens is 1. The second kappa shape index (κ2) is 6.41. The molecule has 1 aliphatic rings. The van der Waals surface area contributed by atoms with Crippen molar-refractivity contribution in [2.75, 3.05) is 6.54 Å². The third-order valence-electron chi connectivity index (χ3n) is 4.08. The van der Waals surface area contributed by atoms with Gasteiger partial charge in [-0.05, 0) is 6.07 Å². The number of benzene rings is 1. The van der Waals surface area contributed by atoms with Crippen LogP contribution in [0.3, 0.4) is 0 Å². The van der Waals surface area contributed by atoms with Gasteiger partial charge in [0.05, 0.1) is 16.2 Å². The van der Waals surface area contributed by atoms with Crippen molar-refractivity contribution in [2.45, 2.75) is 25.7 Å². The zero-order chi connectivity index (χ0) is 19.1. The predicted molar refractivity (Wildman–Crippen MR) is 82.4 cm³/mol. The number of non-ortho nitro benzene ring substituents is 1. The number of nitrogens with one attached hydrogen (secondary N) is 1. The minimum absolute atomic E-state index is 0.0257. The van der Waals surface area contributed by atoms with E-state index in [1.54, 1.807) is 9.88 Å². The van der Waals surface area contributed by atoms with E-state index < -0.39 is 22.5 Å². The molecule has 1 aliphatic heterocycles. The maximum atomic E-state index is 12.7. The highest BCUT2D eigenvalue weighted by Gasteiger charge is 2.36. The lowest BCUT2D eigenvalue weighted by atomic mass is 10.1. The number of fused-ring (bicyclic) bond motifs is 1. The van der Waals surface area contributed by atoms with Crippen LogP contribution in [-0.2, 0) is 25.7 Å². The summed E-state index contributed by atoms with van der Waals surface area (Å²) in [5.41, 5.74) is -0.562. The molecule has 2 N–H and O–H groups in total. The molecule has 0 saturated heterocycles. The van der Waals surface area contributed by atoms with Crippen LogP contribution in [0.1, 0.15) is 22.6 Å². The lowest BCUT2D eigenvalue weighted by Crippen LogP contribution is -2.36. The van der Waals surface area contributed by atoms with Crippen molar-refractivity contribution < 1.29 is 23.2 Å². The number of halogens is 3. The average molecular weight is 370 g/mol. The molecule has 138 valence electrons. The van der Waals surface area contributed by atoms with Crippen LogP contribution in [0, 0.1) is 10.1 Å². The number of nitro groups is 1. The van der Waals surface area contributed by atoms with Crippen molar-refractivity contribution in [3.63, 3.8) is 0 Å². The summed E-state index contributed by atoms with van der Waals surface area (Å²) in [6.45, 7) is 0.425. The molecule has 3 rings (SSSR count). The van der Waals surface area contributed by atoms with Gasteiger partial charge in [-0.3, -0.25) is 19.8 Å². The van der Waals surface area contributed by atoms with E-state index in [9.17, 15) is 33.2 Å². The molecular weight excluding hydrogens is 357 g/mol. The van der Waals surface area contributed by atoms with E-state index in [2.05, 4.69) is 4.98 Å². The normalized spacial score (nSPS) is 14.9. The number of nitrogens with zero attached hydrogens (tertiary/aromatic N) is 3. The Balaban J connectivity index is 1.85. The molecule has 26 heavy (non-hydrogen) atoms. The molecule has 0 spiro atoms. The summed E-state index contributed by atoms with van der Waals surface area (Å²) in [7, 11) is 0. The first-order valence-electron chi connectivity index (χ1n) is 7.53. The molecule has 11 heteroatoms. The number of nitro benzene ring substituents is 1. The van der Waals surface area contributed by atoms with Crippen molar-refractivity contribution in [3.05, 3.63) is 61.3 Å². The van der Waals surface area contributed by atoms with Crippen molar-refractivity contribution in [1.82, 2.24) is 14.9 Å². The molecular formula is C15H13F3N4O4. The Hall–Kier alpha value is -2.95. The van der Waals surface area contributed by atoms with Crippen molar-refractivity contribution in [1.29, 1.82) is 0 Å². The SMILES string of the molecule is O=c1[nH]c(C(F)(F)F)nc2c1CN(Cc1cc([N+](=O)[O-])ccc1O)CC2. The monoisotopic (exact) mass is 370 g/mol. The first kappa shape index (κ1) is 17.9. The Labute approximate surface area is 144 Å². The zero-order valence-electron chi connectivity index (χ0n) is 13.2. The zero-order valence-corrected chi connectivity index (χ0v) is 13.2. The molecule has 0 radical (unpaired) electrons. The Kier molecular flexibility index (Phi) is 4.40. The molecule has 2 aromatic rings. The lowest BCUT2D eigenvalue weighted by Gasteiger charge is -2.28. The fourth-order valence-corrected chi connectivity index (χ4v) is 2.80. The number of phenolic OH excluding ortho intramolecular Hbond substituents is 1. The summed E-state index contributed by atoms with van der Waals surface area (Å²) in [6.07, 6.45) is -4.61. The van der Waals surface area contributed by atoms with Crippen LogP contribution in [0.5, 0.6) is 5.75 Å². The van der Waals surface area contributed by atoms with E-state index >= 15 is 0 Å². The third-order valence-corrected chi connectivity index (χ3v) is 4.08. The molecule has 0 amide bonds. The summed E-state index contributed by atoms with van der Waals surface area (Å²) < 4.78 is 38.2. The summed E-state index contributed by atoms with van der Waals surface area (Å²) in [4.78, 5) is 29.2. The second-order valence-corrected chi connectivity index (χ2v) is 5.87. The number of aromatic hydroxyl groups is 1. The van der Waals surface area contributed by atoms with Crippen LogP contribution in [0.25, 0.3) is 0 Å². The third kappa shape index (κ3) is 3.52. The molecule has 2 heterocycles. The van der Waals surface area contributed by atoms with Gasteiger partial charge in [-0.25, -0.2) is 4.98 Å². The maximum absolute atomic E-state index is 12.7. The minimum atomic E-state index is -4.74. The average Bonchev–Trinajstić information content (AvgIpc) is 2.56. The van der Waals surface area contributed by atoms with Gasteiger partial charge in [0, 0.05) is 43.8 Å². The van der Waals surface area contributed by atoms with Crippen molar-refractivity contribution in [2.24, 2.45) is 0 Å². The van der Waals surface area contributed by atoms with Gasteiger partial charge in [-0.15, -0.1) is 0 Å². The van der Waals surface area contributed by atoms with Crippen LogP contribution in [-0.4, -0.2) is 31.4 Å². The van der Waals surface area contributed by atoms with Gasteiger partial charge in [0.25, 0.3) is 11.2 Å². The highest BCUT2D eigenvalue weighted by Crippen LogP contribution is 2.28. The van der Waals surface area contributed by atoms with Gasteiger partial charge >= 0.3 is 6.18 Å². The first-order valence-corrected chi connectivity index (χ1v) is 7.53. The topological polar surface area (TPSA) is 112 Å².